The highest BCUT2D eigenvalue weighted by Crippen LogP contribution is 2.21. The molecule has 2 nitrogen and oxygen atoms in total. The average Bonchev–Trinajstić information content (AvgIpc) is 3.03. The number of hydrogen-bond donors (Lipinski definition) is 1. The van der Waals surface area contributed by atoms with Crippen molar-refractivity contribution < 1.29 is 0 Å². The summed E-state index contributed by atoms with van der Waals surface area (Å²) in [6, 6.07) is 7.54. The standard InChI is InChI=1S/C13H20N2/c1-10(11(2)15-12-6-7-12)9-13-5-3-4-8-14-13/h3-5,8,10-12,15H,6-7,9H2,1-2H3. The molecule has 1 aromatic heterocycles. The maximum absolute atomic E-state index is 4.37. The Morgan fingerprint density at radius 2 is 2.20 bits per heavy atom. The Morgan fingerprint density at radius 3 is 2.80 bits per heavy atom. The van der Waals surface area contributed by atoms with Gasteiger partial charge in [-0.15, -0.1) is 0 Å². The predicted octanol–water partition coefficient (Wildman–Crippen LogP) is 2.40. The van der Waals surface area contributed by atoms with Crippen LogP contribution >= 0.6 is 0 Å². The van der Waals surface area contributed by atoms with E-state index in [1.165, 1.54) is 18.5 Å². The number of nitrogens with one attached hydrogen (secondary N) is 1. The molecule has 0 amide bonds. The fourth-order valence-electron chi connectivity index (χ4n) is 1.81. The summed E-state index contributed by atoms with van der Waals surface area (Å²) in [4.78, 5) is 4.37. The molecule has 1 heterocycles. The van der Waals surface area contributed by atoms with Crippen LogP contribution in [0.4, 0.5) is 0 Å². The van der Waals surface area contributed by atoms with Crippen LogP contribution in [0.3, 0.4) is 0 Å². The van der Waals surface area contributed by atoms with Crippen LogP contribution in [-0.2, 0) is 6.42 Å². The lowest BCUT2D eigenvalue weighted by Gasteiger charge is -2.20. The van der Waals surface area contributed by atoms with E-state index in [1.54, 1.807) is 0 Å². The van der Waals surface area contributed by atoms with E-state index in [9.17, 15) is 0 Å². The molecule has 1 saturated carbocycles. The van der Waals surface area contributed by atoms with Gasteiger partial charge in [0.25, 0.3) is 0 Å². The van der Waals surface area contributed by atoms with Crippen molar-refractivity contribution in [2.24, 2.45) is 5.92 Å². The summed E-state index contributed by atoms with van der Waals surface area (Å²) in [6.07, 6.45) is 5.67. The van der Waals surface area contributed by atoms with E-state index in [1.807, 2.05) is 12.3 Å². The Bertz CT molecular complexity index is 293. The molecule has 2 rings (SSSR count). The van der Waals surface area contributed by atoms with Crippen LogP contribution in [0.1, 0.15) is 32.4 Å². The van der Waals surface area contributed by atoms with Gasteiger partial charge in [0.1, 0.15) is 0 Å². The minimum atomic E-state index is 0.597. The Kier molecular flexibility index (Phi) is 3.37. The van der Waals surface area contributed by atoms with Crippen LogP contribution in [0, 0.1) is 5.92 Å². The van der Waals surface area contributed by atoms with Gasteiger partial charge in [0.15, 0.2) is 0 Å². The fourth-order valence-corrected chi connectivity index (χ4v) is 1.81. The highest BCUT2D eigenvalue weighted by molar-refractivity contribution is 5.04. The Labute approximate surface area is 92.1 Å². The van der Waals surface area contributed by atoms with Crippen molar-refractivity contribution in [3.8, 4) is 0 Å². The molecular formula is C13H20N2. The second-order valence-corrected chi connectivity index (χ2v) is 4.73. The third-order valence-corrected chi connectivity index (χ3v) is 3.19. The van der Waals surface area contributed by atoms with Crippen molar-refractivity contribution in [1.29, 1.82) is 0 Å². The van der Waals surface area contributed by atoms with E-state index in [0.717, 1.165) is 12.5 Å². The summed E-state index contributed by atoms with van der Waals surface area (Å²) < 4.78 is 0. The molecule has 0 aliphatic heterocycles. The number of rotatable bonds is 5. The van der Waals surface area contributed by atoms with E-state index >= 15 is 0 Å². The lowest BCUT2D eigenvalue weighted by Crippen LogP contribution is -2.34. The Balaban J connectivity index is 1.82. The van der Waals surface area contributed by atoms with Crippen LogP contribution < -0.4 is 5.32 Å². The minimum absolute atomic E-state index is 0.597. The maximum Gasteiger partial charge on any atom is 0.0406 e. The molecule has 2 unspecified atom stereocenters. The molecule has 0 radical (unpaired) electrons. The van der Waals surface area contributed by atoms with E-state index in [2.05, 4.69) is 36.3 Å². The molecule has 2 atom stereocenters. The average molecular weight is 204 g/mol. The first-order valence-corrected chi connectivity index (χ1v) is 5.91. The van der Waals surface area contributed by atoms with Gasteiger partial charge < -0.3 is 5.32 Å². The first-order chi connectivity index (χ1) is 7.25. The number of nitrogens with zero attached hydrogens (tertiary/aromatic N) is 1. The van der Waals surface area contributed by atoms with Crippen LogP contribution in [0.25, 0.3) is 0 Å². The molecule has 2 heteroatoms. The van der Waals surface area contributed by atoms with E-state index in [4.69, 9.17) is 0 Å². The first-order valence-electron chi connectivity index (χ1n) is 5.91. The lowest BCUT2D eigenvalue weighted by molar-refractivity contribution is 0.393. The van der Waals surface area contributed by atoms with Crippen molar-refractivity contribution in [3.05, 3.63) is 30.1 Å². The summed E-state index contributed by atoms with van der Waals surface area (Å²) in [5.74, 6) is 0.653. The molecule has 1 aromatic rings. The molecule has 0 spiro atoms. The molecular weight excluding hydrogens is 184 g/mol. The van der Waals surface area contributed by atoms with Crippen LogP contribution in [0.5, 0.6) is 0 Å². The Hall–Kier alpha value is -0.890. The highest BCUT2D eigenvalue weighted by Gasteiger charge is 2.24. The molecule has 1 fully saturated rings. The van der Waals surface area contributed by atoms with Gasteiger partial charge in [-0.25, -0.2) is 0 Å². The summed E-state index contributed by atoms with van der Waals surface area (Å²) in [7, 11) is 0. The van der Waals surface area contributed by atoms with Crippen molar-refractivity contribution in [3.63, 3.8) is 0 Å². The monoisotopic (exact) mass is 204 g/mol. The zero-order valence-corrected chi connectivity index (χ0v) is 9.61. The van der Waals surface area contributed by atoms with Crippen molar-refractivity contribution in [2.75, 3.05) is 0 Å². The largest absolute Gasteiger partial charge is 0.311 e. The van der Waals surface area contributed by atoms with E-state index in [-0.39, 0.29) is 0 Å². The molecule has 1 aliphatic rings. The van der Waals surface area contributed by atoms with Gasteiger partial charge >= 0.3 is 0 Å². The topological polar surface area (TPSA) is 24.9 Å². The van der Waals surface area contributed by atoms with Gasteiger partial charge in [0.2, 0.25) is 0 Å². The summed E-state index contributed by atoms with van der Waals surface area (Å²) >= 11 is 0. The van der Waals surface area contributed by atoms with Gasteiger partial charge in [-0.3, -0.25) is 4.98 Å². The molecule has 0 saturated heterocycles. The summed E-state index contributed by atoms with van der Waals surface area (Å²) in [5, 5.41) is 3.65. The SMILES string of the molecule is CC(Cc1ccccn1)C(C)NC1CC1. The third-order valence-electron chi connectivity index (χ3n) is 3.19. The lowest BCUT2D eigenvalue weighted by atomic mass is 9.97. The second-order valence-electron chi connectivity index (χ2n) is 4.73. The van der Waals surface area contributed by atoms with Gasteiger partial charge in [-0.2, -0.15) is 0 Å². The third kappa shape index (κ3) is 3.31. The number of pyridine rings is 1. The Morgan fingerprint density at radius 1 is 1.40 bits per heavy atom. The molecule has 0 bridgehead atoms. The highest BCUT2D eigenvalue weighted by atomic mass is 15.0. The summed E-state index contributed by atoms with van der Waals surface area (Å²) in [5.41, 5.74) is 1.20. The second kappa shape index (κ2) is 4.75. The van der Waals surface area contributed by atoms with Gasteiger partial charge in [0, 0.05) is 24.0 Å². The summed E-state index contributed by atoms with van der Waals surface area (Å²) in [6.45, 7) is 4.58. The smallest absolute Gasteiger partial charge is 0.0406 e. The van der Waals surface area contributed by atoms with Gasteiger partial charge in [-0.1, -0.05) is 13.0 Å². The van der Waals surface area contributed by atoms with Crippen molar-refractivity contribution >= 4 is 0 Å². The van der Waals surface area contributed by atoms with E-state index in [0.29, 0.717) is 12.0 Å². The quantitative estimate of drug-likeness (QED) is 0.796. The zero-order valence-electron chi connectivity index (χ0n) is 9.61. The van der Waals surface area contributed by atoms with Crippen LogP contribution in [-0.4, -0.2) is 17.1 Å². The minimum Gasteiger partial charge on any atom is -0.311 e. The fraction of sp³-hybridized carbons (Fsp3) is 0.615. The predicted molar refractivity (Wildman–Crippen MR) is 62.7 cm³/mol. The molecule has 82 valence electrons. The van der Waals surface area contributed by atoms with Gasteiger partial charge in [-0.05, 0) is 44.2 Å². The molecule has 0 aromatic carbocycles. The zero-order chi connectivity index (χ0) is 10.7. The molecule has 15 heavy (non-hydrogen) atoms. The van der Waals surface area contributed by atoms with E-state index < -0.39 is 0 Å². The molecule has 1 aliphatic carbocycles. The van der Waals surface area contributed by atoms with Crippen LogP contribution in [0.15, 0.2) is 24.4 Å². The number of aromatic nitrogens is 1. The van der Waals surface area contributed by atoms with Crippen molar-refractivity contribution in [1.82, 2.24) is 10.3 Å². The normalized spacial score (nSPS) is 19.9. The van der Waals surface area contributed by atoms with Crippen molar-refractivity contribution in [2.45, 2.75) is 45.2 Å². The number of hydrogen-bond acceptors (Lipinski definition) is 2. The molecule has 1 N–H and O–H groups in total. The van der Waals surface area contributed by atoms with Crippen LogP contribution in [0.2, 0.25) is 0 Å². The maximum atomic E-state index is 4.37. The first kappa shape index (κ1) is 10.6. The van der Waals surface area contributed by atoms with Gasteiger partial charge in [0.05, 0.1) is 0 Å².